The van der Waals surface area contributed by atoms with Crippen LogP contribution in [0.1, 0.15) is 11.1 Å². The van der Waals surface area contributed by atoms with Crippen molar-refractivity contribution in [2.45, 2.75) is 13.5 Å². The quantitative estimate of drug-likeness (QED) is 0.936. The molecule has 1 aromatic heterocycles. The Labute approximate surface area is 119 Å². The summed E-state index contributed by atoms with van der Waals surface area (Å²) in [6.07, 6.45) is 1.41. The van der Waals surface area contributed by atoms with Crippen LogP contribution in [0.5, 0.6) is 5.88 Å². The second kappa shape index (κ2) is 5.97. The zero-order chi connectivity index (χ0) is 13.8. The summed E-state index contributed by atoms with van der Waals surface area (Å²) in [6.45, 7) is 2.19. The van der Waals surface area contributed by atoms with Crippen molar-refractivity contribution in [1.29, 1.82) is 0 Å². The van der Waals surface area contributed by atoms with Crippen molar-refractivity contribution >= 4 is 21.7 Å². The third-order valence-electron chi connectivity index (χ3n) is 2.69. The van der Waals surface area contributed by atoms with Crippen LogP contribution in [0.2, 0.25) is 0 Å². The van der Waals surface area contributed by atoms with Crippen LogP contribution in [0.25, 0.3) is 0 Å². The maximum absolute atomic E-state index is 13.6. The first-order valence-electron chi connectivity index (χ1n) is 5.65. The third-order valence-corrected chi connectivity index (χ3v) is 3.18. The normalized spacial score (nSPS) is 10.3. The van der Waals surface area contributed by atoms with Crippen molar-refractivity contribution in [2.24, 2.45) is 0 Å². The smallest absolute Gasteiger partial charge is 0.221 e. The monoisotopic (exact) mass is 325 g/mol. The SMILES string of the molecule is COc1ncnc(NCc2cc(Br)ccc2F)c1C. The van der Waals surface area contributed by atoms with E-state index in [9.17, 15) is 4.39 Å². The predicted molar refractivity (Wildman–Crippen MR) is 74.7 cm³/mol. The molecule has 0 saturated carbocycles. The van der Waals surface area contributed by atoms with Crippen molar-refractivity contribution < 1.29 is 9.13 Å². The lowest BCUT2D eigenvalue weighted by atomic mass is 10.2. The lowest BCUT2D eigenvalue weighted by Crippen LogP contribution is -2.06. The molecule has 19 heavy (non-hydrogen) atoms. The summed E-state index contributed by atoms with van der Waals surface area (Å²) in [5.41, 5.74) is 1.35. The van der Waals surface area contributed by atoms with Gasteiger partial charge in [0, 0.05) is 16.6 Å². The minimum Gasteiger partial charge on any atom is -0.481 e. The summed E-state index contributed by atoms with van der Waals surface area (Å²) >= 11 is 3.32. The van der Waals surface area contributed by atoms with E-state index in [1.165, 1.54) is 12.4 Å². The van der Waals surface area contributed by atoms with Gasteiger partial charge in [-0.25, -0.2) is 14.4 Å². The molecule has 0 saturated heterocycles. The fraction of sp³-hybridized carbons (Fsp3) is 0.231. The van der Waals surface area contributed by atoms with Crippen molar-refractivity contribution in [3.63, 3.8) is 0 Å². The van der Waals surface area contributed by atoms with Crippen LogP contribution in [0.4, 0.5) is 10.2 Å². The molecular weight excluding hydrogens is 313 g/mol. The maximum atomic E-state index is 13.6. The molecule has 2 rings (SSSR count). The van der Waals surface area contributed by atoms with Gasteiger partial charge in [-0.3, -0.25) is 0 Å². The van der Waals surface area contributed by atoms with Gasteiger partial charge in [0.25, 0.3) is 0 Å². The first-order chi connectivity index (χ1) is 9.11. The van der Waals surface area contributed by atoms with Gasteiger partial charge in [0.1, 0.15) is 18.0 Å². The van der Waals surface area contributed by atoms with Crippen LogP contribution in [-0.4, -0.2) is 17.1 Å². The number of benzene rings is 1. The summed E-state index contributed by atoms with van der Waals surface area (Å²) in [5, 5.41) is 3.08. The Balaban J connectivity index is 2.17. The molecule has 0 unspecified atom stereocenters. The Kier molecular flexibility index (Phi) is 4.31. The molecule has 0 fully saturated rings. The van der Waals surface area contributed by atoms with Crippen molar-refractivity contribution in [2.75, 3.05) is 12.4 Å². The number of rotatable bonds is 4. The maximum Gasteiger partial charge on any atom is 0.221 e. The van der Waals surface area contributed by atoms with E-state index in [1.807, 2.05) is 6.92 Å². The fourth-order valence-corrected chi connectivity index (χ4v) is 2.08. The Bertz CT molecular complexity index is 592. The van der Waals surface area contributed by atoms with Crippen LogP contribution in [0.3, 0.4) is 0 Å². The van der Waals surface area contributed by atoms with Crippen molar-refractivity contribution in [3.05, 3.63) is 45.9 Å². The van der Waals surface area contributed by atoms with E-state index in [0.717, 1.165) is 10.0 Å². The molecule has 0 aliphatic heterocycles. The topological polar surface area (TPSA) is 47.0 Å². The minimum atomic E-state index is -0.255. The van der Waals surface area contributed by atoms with E-state index >= 15 is 0 Å². The summed E-state index contributed by atoms with van der Waals surface area (Å²) in [6, 6.07) is 4.82. The molecule has 1 heterocycles. The number of nitrogens with one attached hydrogen (secondary N) is 1. The standard InChI is InChI=1S/C13H13BrFN3O/c1-8-12(17-7-18-13(8)19-2)16-6-9-5-10(14)3-4-11(9)15/h3-5,7H,6H2,1-2H3,(H,16,17,18). The zero-order valence-corrected chi connectivity index (χ0v) is 12.2. The average Bonchev–Trinajstić information content (AvgIpc) is 2.41. The summed E-state index contributed by atoms with van der Waals surface area (Å²) in [7, 11) is 1.55. The highest BCUT2D eigenvalue weighted by Crippen LogP contribution is 2.21. The van der Waals surface area contributed by atoms with Crippen LogP contribution >= 0.6 is 15.9 Å². The number of methoxy groups -OCH3 is 1. The summed E-state index contributed by atoms with van der Waals surface area (Å²) < 4.78 is 19.5. The zero-order valence-electron chi connectivity index (χ0n) is 10.6. The van der Waals surface area contributed by atoms with Gasteiger partial charge in [0.2, 0.25) is 5.88 Å². The molecule has 0 aliphatic carbocycles. The largest absolute Gasteiger partial charge is 0.481 e. The van der Waals surface area contributed by atoms with Gasteiger partial charge in [0.15, 0.2) is 0 Å². The molecule has 0 bridgehead atoms. The molecule has 0 amide bonds. The highest BCUT2D eigenvalue weighted by atomic mass is 79.9. The average molecular weight is 326 g/mol. The first kappa shape index (κ1) is 13.7. The number of nitrogens with zero attached hydrogens (tertiary/aromatic N) is 2. The number of halogens is 2. The molecule has 0 radical (unpaired) electrons. The van der Waals surface area contributed by atoms with E-state index in [2.05, 4.69) is 31.2 Å². The highest BCUT2D eigenvalue weighted by Gasteiger charge is 2.08. The number of hydrogen-bond acceptors (Lipinski definition) is 4. The fourth-order valence-electron chi connectivity index (χ4n) is 1.68. The number of aromatic nitrogens is 2. The van der Waals surface area contributed by atoms with E-state index < -0.39 is 0 Å². The molecule has 4 nitrogen and oxygen atoms in total. The van der Waals surface area contributed by atoms with Crippen molar-refractivity contribution in [3.8, 4) is 5.88 Å². The van der Waals surface area contributed by atoms with Crippen LogP contribution < -0.4 is 10.1 Å². The predicted octanol–water partition coefficient (Wildman–Crippen LogP) is 3.31. The second-order valence-corrected chi connectivity index (χ2v) is 4.86. The number of hydrogen-bond donors (Lipinski definition) is 1. The van der Waals surface area contributed by atoms with E-state index in [-0.39, 0.29) is 5.82 Å². The van der Waals surface area contributed by atoms with E-state index in [4.69, 9.17) is 4.74 Å². The Hall–Kier alpha value is -1.69. The van der Waals surface area contributed by atoms with E-state index in [1.54, 1.807) is 19.2 Å². The number of ether oxygens (including phenoxy) is 1. The van der Waals surface area contributed by atoms with E-state index in [0.29, 0.717) is 23.8 Å². The van der Waals surface area contributed by atoms with Crippen LogP contribution in [-0.2, 0) is 6.54 Å². The van der Waals surface area contributed by atoms with Gasteiger partial charge >= 0.3 is 0 Å². The summed E-state index contributed by atoms with van der Waals surface area (Å²) in [5.74, 6) is 0.882. The first-order valence-corrected chi connectivity index (χ1v) is 6.44. The van der Waals surface area contributed by atoms with Gasteiger partial charge in [-0.05, 0) is 25.1 Å². The molecule has 6 heteroatoms. The Morgan fingerprint density at radius 1 is 1.37 bits per heavy atom. The molecule has 0 aliphatic rings. The third kappa shape index (κ3) is 3.20. The van der Waals surface area contributed by atoms with Gasteiger partial charge in [0.05, 0.1) is 12.7 Å². The molecule has 100 valence electrons. The number of anilines is 1. The van der Waals surface area contributed by atoms with Gasteiger partial charge in [-0.1, -0.05) is 15.9 Å². The minimum absolute atomic E-state index is 0.255. The molecule has 1 N–H and O–H groups in total. The lowest BCUT2D eigenvalue weighted by molar-refractivity contribution is 0.393. The molecule has 2 aromatic rings. The highest BCUT2D eigenvalue weighted by molar-refractivity contribution is 9.10. The van der Waals surface area contributed by atoms with Gasteiger partial charge < -0.3 is 10.1 Å². The Morgan fingerprint density at radius 2 is 2.16 bits per heavy atom. The van der Waals surface area contributed by atoms with Gasteiger partial charge in [-0.2, -0.15) is 0 Å². The Morgan fingerprint density at radius 3 is 2.89 bits per heavy atom. The van der Waals surface area contributed by atoms with Crippen molar-refractivity contribution in [1.82, 2.24) is 9.97 Å². The molecule has 0 spiro atoms. The summed E-state index contributed by atoms with van der Waals surface area (Å²) in [4.78, 5) is 8.11. The molecular formula is C13H13BrFN3O. The molecule has 0 atom stereocenters. The molecule has 1 aromatic carbocycles. The lowest BCUT2D eigenvalue weighted by Gasteiger charge is -2.11. The van der Waals surface area contributed by atoms with Crippen LogP contribution in [0.15, 0.2) is 29.0 Å². The van der Waals surface area contributed by atoms with Crippen LogP contribution in [0, 0.1) is 12.7 Å². The second-order valence-electron chi connectivity index (χ2n) is 3.95. The van der Waals surface area contributed by atoms with Gasteiger partial charge in [-0.15, -0.1) is 0 Å².